The van der Waals surface area contributed by atoms with Crippen LogP contribution in [0, 0.1) is 5.41 Å². The van der Waals surface area contributed by atoms with Gasteiger partial charge < -0.3 is 10.0 Å². The van der Waals surface area contributed by atoms with Crippen LogP contribution in [0.5, 0.6) is 0 Å². The fourth-order valence-corrected chi connectivity index (χ4v) is 4.44. The molecule has 2 atom stereocenters. The van der Waals surface area contributed by atoms with Gasteiger partial charge in [-0.05, 0) is 24.0 Å². The first-order valence-corrected chi connectivity index (χ1v) is 8.98. The molecule has 1 N–H and O–H groups in total. The van der Waals surface area contributed by atoms with E-state index in [-0.39, 0.29) is 17.0 Å². The van der Waals surface area contributed by atoms with Gasteiger partial charge in [0.15, 0.2) is 5.82 Å². The maximum Gasteiger partial charge on any atom is 0.407 e. The van der Waals surface area contributed by atoms with Crippen molar-refractivity contribution in [2.24, 2.45) is 5.41 Å². The first-order chi connectivity index (χ1) is 12.3. The number of nitrogens with zero attached hydrogens (tertiary/aromatic N) is 4. The van der Waals surface area contributed by atoms with Gasteiger partial charge in [-0.3, -0.25) is 4.90 Å². The summed E-state index contributed by atoms with van der Waals surface area (Å²) in [7, 11) is 0. The van der Waals surface area contributed by atoms with Crippen LogP contribution in [0.1, 0.15) is 27.2 Å². The molecule has 0 saturated carbocycles. The fourth-order valence-electron chi connectivity index (χ4n) is 4.44. The van der Waals surface area contributed by atoms with Crippen molar-refractivity contribution in [1.82, 2.24) is 15.1 Å². The Morgan fingerprint density at radius 2 is 1.88 bits per heavy atom. The van der Waals surface area contributed by atoms with Gasteiger partial charge in [0.1, 0.15) is 0 Å². The molecule has 6 nitrogen and oxygen atoms in total. The molecule has 26 heavy (non-hydrogen) atoms. The molecular weight excluding hydrogens is 328 g/mol. The molecule has 1 aromatic heterocycles. The third-order valence-corrected chi connectivity index (χ3v) is 6.00. The Bertz CT molecular complexity index is 816. The van der Waals surface area contributed by atoms with Crippen LogP contribution in [0.4, 0.5) is 10.6 Å². The Labute approximate surface area is 153 Å². The van der Waals surface area contributed by atoms with Crippen LogP contribution in [-0.4, -0.2) is 51.0 Å². The quantitative estimate of drug-likeness (QED) is 0.896. The summed E-state index contributed by atoms with van der Waals surface area (Å²) in [5.41, 5.74) is 1.35. The Morgan fingerprint density at radius 1 is 1.15 bits per heavy atom. The highest BCUT2D eigenvalue weighted by molar-refractivity contribution is 5.69. The van der Waals surface area contributed by atoms with Crippen LogP contribution in [0.15, 0.2) is 42.5 Å². The number of anilines is 1. The van der Waals surface area contributed by atoms with E-state index in [9.17, 15) is 9.90 Å². The van der Waals surface area contributed by atoms with Gasteiger partial charge in [-0.15, -0.1) is 10.2 Å². The van der Waals surface area contributed by atoms with Gasteiger partial charge in [-0.25, -0.2) is 4.79 Å². The maximum atomic E-state index is 11.8. The summed E-state index contributed by atoms with van der Waals surface area (Å²) in [4.78, 5) is 15.6. The minimum absolute atomic E-state index is 0.147. The molecule has 6 heteroatoms. The number of benzene rings is 1. The highest BCUT2D eigenvalue weighted by atomic mass is 16.4. The Morgan fingerprint density at radius 3 is 2.46 bits per heavy atom. The number of carbonyl (C=O) groups is 1. The van der Waals surface area contributed by atoms with E-state index in [1.165, 1.54) is 0 Å². The number of fused-ring (bicyclic) bond motifs is 2. The Hall–Kier alpha value is -2.63. The van der Waals surface area contributed by atoms with Crippen molar-refractivity contribution in [3.63, 3.8) is 0 Å². The summed E-state index contributed by atoms with van der Waals surface area (Å²) < 4.78 is 0. The van der Waals surface area contributed by atoms with Crippen molar-refractivity contribution in [1.29, 1.82) is 0 Å². The normalized spacial score (nSPS) is 25.0. The highest BCUT2D eigenvalue weighted by Crippen LogP contribution is 2.51. The number of piperazine rings is 1. The lowest BCUT2D eigenvalue weighted by Crippen LogP contribution is -2.61. The van der Waals surface area contributed by atoms with Crippen molar-refractivity contribution in [2.75, 3.05) is 18.0 Å². The van der Waals surface area contributed by atoms with E-state index < -0.39 is 6.09 Å². The van der Waals surface area contributed by atoms with Crippen LogP contribution in [0.3, 0.4) is 0 Å². The van der Waals surface area contributed by atoms with Crippen molar-refractivity contribution in [2.45, 2.75) is 38.8 Å². The summed E-state index contributed by atoms with van der Waals surface area (Å²) in [5, 5.41) is 18.5. The van der Waals surface area contributed by atoms with Crippen molar-refractivity contribution in [3.05, 3.63) is 42.5 Å². The average Bonchev–Trinajstić information content (AvgIpc) is 3.20. The van der Waals surface area contributed by atoms with E-state index >= 15 is 0 Å². The molecular formula is C20H24N4O2. The fraction of sp³-hybridized carbons (Fsp3) is 0.450. The SMILES string of the molecule is CC(C)(C)[C@]12CC(CN1C(=O)O)N(c1ccc(-c3ccccc3)nn1)C2. The minimum atomic E-state index is -0.826. The van der Waals surface area contributed by atoms with E-state index in [0.29, 0.717) is 13.1 Å². The molecule has 2 bridgehead atoms. The van der Waals surface area contributed by atoms with E-state index in [1.807, 2.05) is 42.5 Å². The first kappa shape index (κ1) is 16.8. The zero-order valence-electron chi connectivity index (χ0n) is 15.4. The first-order valence-electron chi connectivity index (χ1n) is 8.98. The Kier molecular flexibility index (Phi) is 3.68. The Balaban J connectivity index is 1.62. The van der Waals surface area contributed by atoms with Gasteiger partial charge >= 0.3 is 6.09 Å². The summed E-state index contributed by atoms with van der Waals surface area (Å²) >= 11 is 0. The van der Waals surface area contributed by atoms with Gasteiger partial charge in [0.2, 0.25) is 0 Å². The monoisotopic (exact) mass is 352 g/mol. The van der Waals surface area contributed by atoms with E-state index in [1.54, 1.807) is 4.90 Å². The molecule has 1 amide bonds. The highest BCUT2D eigenvalue weighted by Gasteiger charge is 2.62. The second kappa shape index (κ2) is 5.69. The molecule has 3 heterocycles. The van der Waals surface area contributed by atoms with Gasteiger partial charge in [0.05, 0.1) is 17.3 Å². The number of aromatic nitrogens is 2. The predicted molar refractivity (Wildman–Crippen MR) is 100 cm³/mol. The molecule has 2 aliphatic heterocycles. The number of rotatable bonds is 2. The standard InChI is InChI=1S/C20H24N4O2/c1-19(2,3)20-11-15(12-24(20)18(25)26)23(13-20)17-10-9-16(21-22-17)14-7-5-4-6-8-14/h4-10,15H,11-13H2,1-3H3,(H,25,26)/t15?,20-/m1/s1. The van der Waals surface area contributed by atoms with Crippen molar-refractivity contribution >= 4 is 11.9 Å². The maximum absolute atomic E-state index is 11.8. The van der Waals surface area contributed by atoms with Gasteiger partial charge in [0, 0.05) is 18.7 Å². The van der Waals surface area contributed by atoms with E-state index in [2.05, 4.69) is 35.9 Å². The average molecular weight is 352 g/mol. The van der Waals surface area contributed by atoms with Crippen LogP contribution in [0.25, 0.3) is 11.3 Å². The van der Waals surface area contributed by atoms with E-state index in [0.717, 1.165) is 23.5 Å². The molecule has 2 aromatic rings. The summed E-state index contributed by atoms with van der Waals surface area (Å²) in [6, 6.07) is 14.1. The molecule has 2 aliphatic rings. The second-order valence-corrected chi connectivity index (χ2v) is 8.30. The van der Waals surface area contributed by atoms with Gasteiger partial charge in [-0.1, -0.05) is 51.1 Å². The largest absolute Gasteiger partial charge is 0.465 e. The minimum Gasteiger partial charge on any atom is -0.465 e. The van der Waals surface area contributed by atoms with Crippen molar-refractivity contribution < 1.29 is 9.90 Å². The number of amides is 1. The topological polar surface area (TPSA) is 69.6 Å². The molecule has 136 valence electrons. The third-order valence-electron chi connectivity index (χ3n) is 6.00. The number of likely N-dealkylation sites (tertiary alicyclic amines) is 1. The lowest BCUT2D eigenvalue weighted by atomic mass is 9.73. The van der Waals surface area contributed by atoms with Crippen LogP contribution >= 0.6 is 0 Å². The molecule has 4 rings (SSSR count). The zero-order valence-corrected chi connectivity index (χ0v) is 15.4. The lowest BCUT2D eigenvalue weighted by Gasteiger charge is -2.48. The molecule has 2 fully saturated rings. The van der Waals surface area contributed by atoms with Crippen LogP contribution in [0.2, 0.25) is 0 Å². The van der Waals surface area contributed by atoms with E-state index in [4.69, 9.17) is 0 Å². The summed E-state index contributed by atoms with van der Waals surface area (Å²) in [6.45, 7) is 7.55. The number of carboxylic acid groups (broad SMARTS) is 1. The smallest absolute Gasteiger partial charge is 0.407 e. The van der Waals surface area contributed by atoms with Gasteiger partial charge in [-0.2, -0.15) is 0 Å². The second-order valence-electron chi connectivity index (χ2n) is 8.30. The molecule has 1 unspecified atom stereocenters. The zero-order chi connectivity index (χ0) is 18.5. The molecule has 0 aliphatic carbocycles. The summed E-state index contributed by atoms with van der Waals surface area (Å²) in [5.74, 6) is 0.825. The van der Waals surface area contributed by atoms with Crippen LogP contribution in [-0.2, 0) is 0 Å². The predicted octanol–water partition coefficient (Wildman–Crippen LogP) is 3.50. The van der Waals surface area contributed by atoms with Crippen LogP contribution < -0.4 is 4.90 Å². The van der Waals surface area contributed by atoms with Crippen molar-refractivity contribution in [3.8, 4) is 11.3 Å². The number of hydrogen-bond acceptors (Lipinski definition) is 4. The third kappa shape index (κ3) is 2.43. The number of hydrogen-bond donors (Lipinski definition) is 1. The molecule has 1 aromatic carbocycles. The molecule has 0 radical (unpaired) electrons. The van der Waals surface area contributed by atoms with Gasteiger partial charge in [0.25, 0.3) is 0 Å². The summed E-state index contributed by atoms with van der Waals surface area (Å²) in [6.07, 6.45) is 0.0119. The molecule has 2 saturated heterocycles. The molecule has 0 spiro atoms. The lowest BCUT2D eigenvalue weighted by molar-refractivity contribution is 0.0362.